The molecule has 0 spiro atoms. The van der Waals surface area contributed by atoms with Crippen molar-refractivity contribution in [3.05, 3.63) is 47.7 Å². The average molecular weight is 215 g/mol. The van der Waals surface area contributed by atoms with Gasteiger partial charge in [0.1, 0.15) is 11.6 Å². The number of amides is 1. The Morgan fingerprint density at radius 2 is 2.12 bits per heavy atom. The maximum atomic E-state index is 11.5. The summed E-state index contributed by atoms with van der Waals surface area (Å²) in [4.78, 5) is 11.5. The molecule has 0 fully saturated rings. The summed E-state index contributed by atoms with van der Waals surface area (Å²) in [6.45, 7) is 0.419. The Kier molecular flexibility index (Phi) is 4.61. The molecule has 0 bridgehead atoms. The number of hydrogen-bond donors (Lipinski definition) is 2. The van der Waals surface area contributed by atoms with Crippen LogP contribution >= 0.6 is 0 Å². The van der Waals surface area contributed by atoms with Gasteiger partial charge >= 0.3 is 0 Å². The smallest absolute Gasteiger partial charge is 0.263 e. The fraction of sp³-hybridized carbons (Fsp3) is 0.167. The largest absolute Gasteiger partial charge is 0.393 e. The van der Waals surface area contributed by atoms with Gasteiger partial charge in [-0.1, -0.05) is 30.3 Å². The minimum absolute atomic E-state index is 0.0680. The molecule has 4 heteroatoms. The lowest BCUT2D eigenvalue weighted by molar-refractivity contribution is -0.117. The van der Waals surface area contributed by atoms with Crippen molar-refractivity contribution in [1.82, 2.24) is 10.6 Å². The van der Waals surface area contributed by atoms with E-state index >= 15 is 0 Å². The molecule has 16 heavy (non-hydrogen) atoms. The predicted octanol–water partition coefficient (Wildman–Crippen LogP) is 0.930. The van der Waals surface area contributed by atoms with Crippen molar-refractivity contribution in [3.63, 3.8) is 0 Å². The molecule has 0 atom stereocenters. The Bertz CT molecular complexity index is 418. The number of carbonyl (C=O) groups excluding carboxylic acids is 1. The molecule has 0 saturated heterocycles. The molecule has 0 radical (unpaired) electrons. The lowest BCUT2D eigenvalue weighted by Gasteiger charge is -2.03. The van der Waals surface area contributed by atoms with E-state index < -0.39 is 0 Å². The molecule has 0 aliphatic rings. The van der Waals surface area contributed by atoms with E-state index in [-0.39, 0.29) is 11.5 Å². The van der Waals surface area contributed by atoms with E-state index in [9.17, 15) is 4.79 Å². The molecule has 0 saturated carbocycles. The summed E-state index contributed by atoms with van der Waals surface area (Å²) in [7, 11) is 1.64. The molecule has 0 heterocycles. The predicted molar refractivity (Wildman–Crippen MR) is 61.0 cm³/mol. The fourth-order valence-corrected chi connectivity index (χ4v) is 1.17. The van der Waals surface area contributed by atoms with Crippen molar-refractivity contribution in [2.45, 2.75) is 6.54 Å². The Labute approximate surface area is 94.6 Å². The third kappa shape index (κ3) is 3.46. The van der Waals surface area contributed by atoms with Crippen LogP contribution in [0.5, 0.6) is 0 Å². The molecule has 0 aromatic heterocycles. The van der Waals surface area contributed by atoms with Crippen molar-refractivity contribution >= 4 is 5.91 Å². The second kappa shape index (κ2) is 6.25. The average Bonchev–Trinajstić information content (AvgIpc) is 2.34. The van der Waals surface area contributed by atoms with E-state index in [4.69, 9.17) is 5.26 Å². The van der Waals surface area contributed by atoms with Gasteiger partial charge in [0.05, 0.1) is 0 Å². The van der Waals surface area contributed by atoms with E-state index in [0.29, 0.717) is 6.54 Å². The molecule has 0 aliphatic heterocycles. The van der Waals surface area contributed by atoms with Gasteiger partial charge in [0.15, 0.2) is 0 Å². The molecule has 82 valence electrons. The van der Waals surface area contributed by atoms with E-state index in [0.717, 1.165) is 5.56 Å². The standard InChI is InChI=1S/C12H13N3O/c1-14-9-11(7-13)12(16)15-8-10-5-3-2-4-6-10/h2-6,9,14H,8H2,1H3,(H,15,16)/b11-9-. The summed E-state index contributed by atoms with van der Waals surface area (Å²) < 4.78 is 0. The van der Waals surface area contributed by atoms with Crippen LogP contribution in [0.3, 0.4) is 0 Å². The number of carbonyl (C=O) groups is 1. The monoisotopic (exact) mass is 215 g/mol. The Morgan fingerprint density at radius 3 is 2.69 bits per heavy atom. The number of nitrogens with zero attached hydrogens (tertiary/aromatic N) is 1. The number of nitriles is 1. The van der Waals surface area contributed by atoms with Crippen LogP contribution in [0.4, 0.5) is 0 Å². The van der Waals surface area contributed by atoms with Gasteiger partial charge in [-0.05, 0) is 5.56 Å². The van der Waals surface area contributed by atoms with Crippen LogP contribution in [0, 0.1) is 11.3 Å². The zero-order chi connectivity index (χ0) is 11.8. The molecular weight excluding hydrogens is 202 g/mol. The second-order valence-electron chi connectivity index (χ2n) is 3.13. The van der Waals surface area contributed by atoms with Gasteiger partial charge in [-0.3, -0.25) is 4.79 Å². The topological polar surface area (TPSA) is 64.9 Å². The van der Waals surface area contributed by atoms with Gasteiger partial charge in [0.25, 0.3) is 5.91 Å². The molecule has 4 nitrogen and oxygen atoms in total. The van der Waals surface area contributed by atoms with Crippen LogP contribution in [-0.2, 0) is 11.3 Å². The first kappa shape index (κ1) is 11.8. The van der Waals surface area contributed by atoms with Crippen molar-refractivity contribution in [2.75, 3.05) is 7.05 Å². The van der Waals surface area contributed by atoms with Crippen LogP contribution in [0.2, 0.25) is 0 Å². The summed E-state index contributed by atoms with van der Waals surface area (Å²) in [5.74, 6) is -0.374. The summed E-state index contributed by atoms with van der Waals surface area (Å²) in [5.41, 5.74) is 1.07. The van der Waals surface area contributed by atoms with Gasteiger partial charge in [-0.2, -0.15) is 5.26 Å². The highest BCUT2D eigenvalue weighted by Gasteiger charge is 2.07. The third-order valence-electron chi connectivity index (χ3n) is 1.95. The van der Waals surface area contributed by atoms with Crippen molar-refractivity contribution in [3.8, 4) is 6.07 Å². The Balaban J connectivity index is 2.54. The zero-order valence-electron chi connectivity index (χ0n) is 9.03. The van der Waals surface area contributed by atoms with Gasteiger partial charge in [-0.15, -0.1) is 0 Å². The van der Waals surface area contributed by atoms with Crippen molar-refractivity contribution in [2.24, 2.45) is 0 Å². The zero-order valence-corrected chi connectivity index (χ0v) is 9.03. The van der Waals surface area contributed by atoms with Crippen LogP contribution in [0.15, 0.2) is 42.1 Å². The van der Waals surface area contributed by atoms with Crippen molar-refractivity contribution in [1.29, 1.82) is 5.26 Å². The highest BCUT2D eigenvalue weighted by molar-refractivity contribution is 5.97. The first-order chi connectivity index (χ1) is 7.77. The number of rotatable bonds is 4. The van der Waals surface area contributed by atoms with Gasteiger partial charge in [0.2, 0.25) is 0 Å². The van der Waals surface area contributed by atoms with Crippen molar-refractivity contribution < 1.29 is 4.79 Å². The molecule has 1 rings (SSSR count). The quantitative estimate of drug-likeness (QED) is 0.580. The second-order valence-corrected chi connectivity index (χ2v) is 3.13. The van der Waals surface area contributed by atoms with E-state index in [1.165, 1.54) is 6.20 Å². The summed E-state index contributed by atoms with van der Waals surface area (Å²) in [5, 5.41) is 14.0. The molecule has 1 aromatic rings. The normalized spacial score (nSPS) is 10.4. The Hall–Kier alpha value is -2.28. The van der Waals surface area contributed by atoms with E-state index in [1.807, 2.05) is 36.4 Å². The maximum absolute atomic E-state index is 11.5. The Morgan fingerprint density at radius 1 is 1.44 bits per heavy atom. The minimum Gasteiger partial charge on any atom is -0.393 e. The highest BCUT2D eigenvalue weighted by atomic mass is 16.1. The molecule has 0 unspecified atom stereocenters. The molecule has 1 amide bonds. The van der Waals surface area contributed by atoms with Gasteiger partial charge in [-0.25, -0.2) is 0 Å². The highest BCUT2D eigenvalue weighted by Crippen LogP contribution is 1.98. The molecule has 2 N–H and O–H groups in total. The first-order valence-corrected chi connectivity index (χ1v) is 4.87. The minimum atomic E-state index is -0.374. The molecule has 0 aliphatic carbocycles. The number of benzene rings is 1. The van der Waals surface area contributed by atoms with Gasteiger partial charge < -0.3 is 10.6 Å². The summed E-state index contributed by atoms with van der Waals surface area (Å²) in [6.07, 6.45) is 1.38. The fourth-order valence-electron chi connectivity index (χ4n) is 1.17. The number of hydrogen-bond acceptors (Lipinski definition) is 3. The number of nitrogens with one attached hydrogen (secondary N) is 2. The van der Waals surface area contributed by atoms with Crippen LogP contribution in [0.25, 0.3) is 0 Å². The van der Waals surface area contributed by atoms with Gasteiger partial charge in [0, 0.05) is 19.8 Å². The van der Waals surface area contributed by atoms with Crippen LogP contribution in [-0.4, -0.2) is 13.0 Å². The molecule has 1 aromatic carbocycles. The summed E-state index contributed by atoms with van der Waals surface area (Å²) >= 11 is 0. The SMILES string of the molecule is CN/C=C(/C#N)C(=O)NCc1ccccc1. The lowest BCUT2D eigenvalue weighted by atomic mass is 10.2. The third-order valence-corrected chi connectivity index (χ3v) is 1.95. The van der Waals surface area contributed by atoms with Crippen LogP contribution < -0.4 is 10.6 Å². The summed E-state index contributed by atoms with van der Waals surface area (Å²) in [6, 6.07) is 11.4. The maximum Gasteiger partial charge on any atom is 0.263 e. The lowest BCUT2D eigenvalue weighted by Crippen LogP contribution is -2.24. The molecular formula is C12H13N3O. The van der Waals surface area contributed by atoms with Crippen LogP contribution in [0.1, 0.15) is 5.56 Å². The van der Waals surface area contributed by atoms with E-state index in [1.54, 1.807) is 7.05 Å². The first-order valence-electron chi connectivity index (χ1n) is 4.87. The van der Waals surface area contributed by atoms with E-state index in [2.05, 4.69) is 10.6 Å².